The second-order valence-corrected chi connectivity index (χ2v) is 5.49. The SMILES string of the molecule is CCOc1ncccc1NC(=O)CN1C(=O)C(C)Oc2ccccc21. The first-order valence-electron chi connectivity index (χ1n) is 8.05. The molecule has 0 bridgehead atoms. The number of hydrogen-bond donors (Lipinski definition) is 1. The van der Waals surface area contributed by atoms with E-state index in [-0.39, 0.29) is 18.4 Å². The predicted octanol–water partition coefficient (Wildman–Crippen LogP) is 2.23. The van der Waals surface area contributed by atoms with E-state index >= 15 is 0 Å². The maximum Gasteiger partial charge on any atom is 0.268 e. The molecule has 0 radical (unpaired) electrons. The summed E-state index contributed by atoms with van der Waals surface area (Å²) in [6, 6.07) is 10.6. The molecule has 1 aliphatic rings. The van der Waals surface area contributed by atoms with Crippen molar-refractivity contribution in [3.63, 3.8) is 0 Å². The summed E-state index contributed by atoms with van der Waals surface area (Å²) in [6.07, 6.45) is 0.949. The van der Waals surface area contributed by atoms with E-state index in [1.165, 1.54) is 4.90 Å². The van der Waals surface area contributed by atoms with Gasteiger partial charge in [0.2, 0.25) is 11.8 Å². The third-order valence-electron chi connectivity index (χ3n) is 3.70. The van der Waals surface area contributed by atoms with E-state index in [0.29, 0.717) is 29.6 Å². The Kier molecular flexibility index (Phi) is 4.83. The lowest BCUT2D eigenvalue weighted by molar-refractivity contribution is -0.127. The molecule has 0 aliphatic carbocycles. The molecule has 7 heteroatoms. The Balaban J connectivity index is 1.78. The molecule has 1 unspecified atom stereocenters. The number of pyridine rings is 1. The highest BCUT2D eigenvalue weighted by atomic mass is 16.5. The summed E-state index contributed by atoms with van der Waals surface area (Å²) in [4.78, 5) is 30.4. The molecule has 2 amide bonds. The Morgan fingerprint density at radius 1 is 1.32 bits per heavy atom. The minimum atomic E-state index is -0.639. The number of nitrogens with zero attached hydrogens (tertiary/aromatic N) is 2. The molecule has 130 valence electrons. The van der Waals surface area contributed by atoms with Crippen molar-refractivity contribution in [3.05, 3.63) is 42.6 Å². The lowest BCUT2D eigenvalue weighted by Gasteiger charge is -2.32. The second-order valence-electron chi connectivity index (χ2n) is 5.49. The highest BCUT2D eigenvalue weighted by Gasteiger charge is 2.32. The van der Waals surface area contributed by atoms with Gasteiger partial charge in [-0.1, -0.05) is 12.1 Å². The molecular weight excluding hydrogens is 322 g/mol. The van der Waals surface area contributed by atoms with Crippen LogP contribution in [-0.4, -0.2) is 36.1 Å². The van der Waals surface area contributed by atoms with E-state index in [1.807, 2.05) is 13.0 Å². The van der Waals surface area contributed by atoms with Crippen LogP contribution >= 0.6 is 0 Å². The number of nitrogens with one attached hydrogen (secondary N) is 1. The molecule has 7 nitrogen and oxygen atoms in total. The Morgan fingerprint density at radius 3 is 2.92 bits per heavy atom. The smallest absolute Gasteiger partial charge is 0.268 e. The zero-order chi connectivity index (χ0) is 17.8. The van der Waals surface area contributed by atoms with Crippen molar-refractivity contribution in [2.45, 2.75) is 20.0 Å². The lowest BCUT2D eigenvalue weighted by Crippen LogP contribution is -2.47. The summed E-state index contributed by atoms with van der Waals surface area (Å²) >= 11 is 0. The average molecular weight is 341 g/mol. The maximum atomic E-state index is 12.5. The largest absolute Gasteiger partial charge is 0.479 e. The molecule has 25 heavy (non-hydrogen) atoms. The van der Waals surface area contributed by atoms with Gasteiger partial charge in [-0.05, 0) is 38.1 Å². The third kappa shape index (κ3) is 3.55. The first-order valence-corrected chi connectivity index (χ1v) is 8.05. The normalized spacial score (nSPS) is 16.0. The molecule has 0 spiro atoms. The zero-order valence-electron chi connectivity index (χ0n) is 14.1. The van der Waals surface area contributed by atoms with Crippen LogP contribution in [0.3, 0.4) is 0 Å². The van der Waals surface area contributed by atoms with Crippen LogP contribution in [0.5, 0.6) is 11.6 Å². The summed E-state index contributed by atoms with van der Waals surface area (Å²) in [5.41, 5.74) is 1.05. The lowest BCUT2D eigenvalue weighted by atomic mass is 10.2. The van der Waals surface area contributed by atoms with E-state index < -0.39 is 6.10 Å². The minimum Gasteiger partial charge on any atom is -0.479 e. The number of fused-ring (bicyclic) bond motifs is 1. The Morgan fingerprint density at radius 2 is 2.12 bits per heavy atom. The first kappa shape index (κ1) is 16.8. The molecule has 2 aromatic rings. The molecule has 0 saturated carbocycles. The molecule has 3 rings (SSSR count). The van der Waals surface area contributed by atoms with Gasteiger partial charge in [0.05, 0.1) is 12.3 Å². The van der Waals surface area contributed by atoms with E-state index in [4.69, 9.17) is 9.47 Å². The molecule has 1 aliphatic heterocycles. The number of carbonyl (C=O) groups excluding carboxylic acids is 2. The highest BCUT2D eigenvalue weighted by molar-refractivity contribution is 6.06. The van der Waals surface area contributed by atoms with Gasteiger partial charge in [0.25, 0.3) is 5.91 Å². The van der Waals surface area contributed by atoms with Gasteiger partial charge in [0, 0.05) is 6.20 Å². The maximum absolute atomic E-state index is 12.5. The van der Waals surface area contributed by atoms with Gasteiger partial charge in [-0.15, -0.1) is 0 Å². The Labute approximate surface area is 145 Å². The van der Waals surface area contributed by atoms with Gasteiger partial charge in [-0.25, -0.2) is 4.98 Å². The summed E-state index contributed by atoms with van der Waals surface area (Å²) in [7, 11) is 0. The van der Waals surface area contributed by atoms with Gasteiger partial charge >= 0.3 is 0 Å². The van der Waals surface area contributed by atoms with E-state index in [9.17, 15) is 9.59 Å². The number of hydrogen-bond acceptors (Lipinski definition) is 5. The van der Waals surface area contributed by atoms with Crippen LogP contribution < -0.4 is 19.7 Å². The fourth-order valence-corrected chi connectivity index (χ4v) is 2.59. The third-order valence-corrected chi connectivity index (χ3v) is 3.70. The topological polar surface area (TPSA) is 80.8 Å². The summed E-state index contributed by atoms with van der Waals surface area (Å²) < 4.78 is 11.0. The van der Waals surface area contributed by atoms with Crippen LogP contribution in [0.1, 0.15) is 13.8 Å². The number of para-hydroxylation sites is 2. The van der Waals surface area contributed by atoms with Crippen molar-refractivity contribution in [2.24, 2.45) is 0 Å². The van der Waals surface area contributed by atoms with Gasteiger partial charge in [0.1, 0.15) is 18.0 Å². The van der Waals surface area contributed by atoms with Crippen LogP contribution in [0.2, 0.25) is 0 Å². The van der Waals surface area contributed by atoms with Gasteiger partial charge in [0.15, 0.2) is 6.10 Å². The molecule has 0 saturated heterocycles. The minimum absolute atomic E-state index is 0.121. The molecule has 1 N–H and O–H groups in total. The van der Waals surface area contributed by atoms with Crippen molar-refractivity contribution in [3.8, 4) is 11.6 Å². The second kappa shape index (κ2) is 7.21. The van der Waals surface area contributed by atoms with Crippen LogP contribution in [0.25, 0.3) is 0 Å². The number of anilines is 2. The van der Waals surface area contributed by atoms with Crippen LogP contribution in [0.15, 0.2) is 42.6 Å². The summed E-state index contributed by atoms with van der Waals surface area (Å²) in [5.74, 6) is 0.329. The van der Waals surface area contributed by atoms with Crippen LogP contribution in [0.4, 0.5) is 11.4 Å². The standard InChI is InChI=1S/C18H19N3O4/c1-3-24-17-13(7-6-10-19-17)20-16(22)11-21-14-8-4-5-9-15(14)25-12(2)18(21)23/h4-10,12H,3,11H2,1-2H3,(H,20,22). The van der Waals surface area contributed by atoms with Crippen molar-refractivity contribution in [2.75, 3.05) is 23.4 Å². The zero-order valence-corrected chi connectivity index (χ0v) is 14.1. The number of benzene rings is 1. The van der Waals surface area contributed by atoms with E-state index in [2.05, 4.69) is 10.3 Å². The fourth-order valence-electron chi connectivity index (χ4n) is 2.59. The van der Waals surface area contributed by atoms with Crippen LogP contribution in [-0.2, 0) is 9.59 Å². The number of carbonyl (C=O) groups is 2. The molecule has 1 atom stereocenters. The summed E-state index contributed by atoms with van der Waals surface area (Å²) in [6.45, 7) is 3.82. The fraction of sp³-hybridized carbons (Fsp3) is 0.278. The van der Waals surface area contributed by atoms with E-state index in [1.54, 1.807) is 43.5 Å². The predicted molar refractivity (Wildman–Crippen MR) is 92.9 cm³/mol. The van der Waals surface area contributed by atoms with Crippen molar-refractivity contribution in [1.29, 1.82) is 0 Å². The van der Waals surface area contributed by atoms with Gasteiger partial charge in [-0.3, -0.25) is 14.5 Å². The van der Waals surface area contributed by atoms with E-state index in [0.717, 1.165) is 0 Å². The van der Waals surface area contributed by atoms with Crippen molar-refractivity contribution in [1.82, 2.24) is 4.98 Å². The molecule has 2 heterocycles. The van der Waals surface area contributed by atoms with Crippen molar-refractivity contribution < 1.29 is 19.1 Å². The molecule has 1 aromatic heterocycles. The highest BCUT2D eigenvalue weighted by Crippen LogP contribution is 2.33. The first-order chi connectivity index (χ1) is 12.1. The quantitative estimate of drug-likeness (QED) is 0.902. The number of amides is 2. The summed E-state index contributed by atoms with van der Waals surface area (Å²) in [5, 5.41) is 2.75. The van der Waals surface area contributed by atoms with Crippen LogP contribution in [0, 0.1) is 0 Å². The molecular formula is C18H19N3O4. The number of aromatic nitrogens is 1. The van der Waals surface area contributed by atoms with Gasteiger partial charge in [-0.2, -0.15) is 0 Å². The Bertz CT molecular complexity index is 793. The Hall–Kier alpha value is -3.09. The van der Waals surface area contributed by atoms with Gasteiger partial charge < -0.3 is 14.8 Å². The number of ether oxygens (including phenoxy) is 2. The van der Waals surface area contributed by atoms with Crippen molar-refractivity contribution >= 4 is 23.2 Å². The molecule has 0 fully saturated rings. The molecule has 1 aromatic carbocycles. The monoisotopic (exact) mass is 341 g/mol. The number of rotatable bonds is 5. The average Bonchev–Trinajstić information content (AvgIpc) is 2.61.